The number of rotatable bonds is 5. The van der Waals surface area contributed by atoms with E-state index in [-0.39, 0.29) is 5.82 Å². The first-order valence-corrected chi connectivity index (χ1v) is 6.65. The standard InChI is InChI=1S/C13H14ClFN4/c14-13-4-1-10(15)5-9(13)7-19-8-12(17-18-19)6-16-11-2-3-11/h1,4-5,8,11,16H,2-3,6-7H2. The summed E-state index contributed by atoms with van der Waals surface area (Å²) in [7, 11) is 0. The van der Waals surface area contributed by atoms with Crippen molar-refractivity contribution in [2.45, 2.75) is 32.0 Å². The summed E-state index contributed by atoms with van der Waals surface area (Å²) < 4.78 is 14.8. The van der Waals surface area contributed by atoms with Crippen molar-refractivity contribution in [1.29, 1.82) is 0 Å². The van der Waals surface area contributed by atoms with Gasteiger partial charge in [-0.15, -0.1) is 5.10 Å². The Bertz CT molecular complexity index is 580. The fraction of sp³-hybridized carbons (Fsp3) is 0.385. The molecule has 0 bridgehead atoms. The maximum atomic E-state index is 13.2. The fourth-order valence-corrected chi connectivity index (χ4v) is 2.05. The minimum Gasteiger partial charge on any atom is -0.308 e. The zero-order valence-electron chi connectivity index (χ0n) is 10.3. The van der Waals surface area contributed by atoms with Crippen molar-refractivity contribution >= 4 is 11.6 Å². The highest BCUT2D eigenvalue weighted by Gasteiger charge is 2.20. The van der Waals surface area contributed by atoms with Gasteiger partial charge >= 0.3 is 0 Å². The van der Waals surface area contributed by atoms with Crippen LogP contribution in [0.3, 0.4) is 0 Å². The number of halogens is 2. The van der Waals surface area contributed by atoms with E-state index < -0.39 is 0 Å². The van der Waals surface area contributed by atoms with Gasteiger partial charge < -0.3 is 5.32 Å². The molecule has 1 fully saturated rings. The molecule has 3 rings (SSSR count). The molecule has 1 saturated carbocycles. The van der Waals surface area contributed by atoms with Gasteiger partial charge in [-0.3, -0.25) is 0 Å². The van der Waals surface area contributed by atoms with Crippen LogP contribution >= 0.6 is 11.6 Å². The van der Waals surface area contributed by atoms with Crippen molar-refractivity contribution in [3.8, 4) is 0 Å². The summed E-state index contributed by atoms with van der Waals surface area (Å²) in [4.78, 5) is 0. The highest BCUT2D eigenvalue weighted by atomic mass is 35.5. The molecular weight excluding hydrogens is 267 g/mol. The smallest absolute Gasteiger partial charge is 0.123 e. The largest absolute Gasteiger partial charge is 0.308 e. The van der Waals surface area contributed by atoms with Gasteiger partial charge in [-0.1, -0.05) is 16.8 Å². The van der Waals surface area contributed by atoms with Gasteiger partial charge in [0.1, 0.15) is 5.82 Å². The second kappa shape index (κ2) is 5.27. The monoisotopic (exact) mass is 280 g/mol. The van der Waals surface area contributed by atoms with Crippen LogP contribution in [0.2, 0.25) is 5.02 Å². The molecular formula is C13H14ClFN4. The van der Waals surface area contributed by atoms with Gasteiger partial charge in [0.15, 0.2) is 0 Å². The van der Waals surface area contributed by atoms with Crippen molar-refractivity contribution in [2.75, 3.05) is 0 Å². The van der Waals surface area contributed by atoms with Crippen LogP contribution in [-0.2, 0) is 13.1 Å². The zero-order chi connectivity index (χ0) is 13.2. The van der Waals surface area contributed by atoms with Gasteiger partial charge in [-0.2, -0.15) is 0 Å². The molecule has 4 nitrogen and oxygen atoms in total. The first-order valence-electron chi connectivity index (χ1n) is 6.27. The Morgan fingerprint density at radius 2 is 2.26 bits per heavy atom. The molecule has 0 amide bonds. The third-order valence-corrected chi connectivity index (χ3v) is 3.44. The van der Waals surface area contributed by atoms with E-state index in [1.807, 2.05) is 6.20 Å². The number of nitrogens with zero attached hydrogens (tertiary/aromatic N) is 3. The van der Waals surface area contributed by atoms with Gasteiger partial charge in [-0.25, -0.2) is 9.07 Å². The van der Waals surface area contributed by atoms with E-state index in [1.54, 1.807) is 10.7 Å². The van der Waals surface area contributed by atoms with Crippen molar-refractivity contribution in [1.82, 2.24) is 20.3 Å². The predicted octanol–water partition coefficient (Wildman–Crippen LogP) is 2.37. The summed E-state index contributed by atoms with van der Waals surface area (Å²) in [5.74, 6) is -0.296. The lowest BCUT2D eigenvalue weighted by molar-refractivity contribution is 0.614. The van der Waals surface area contributed by atoms with E-state index in [0.29, 0.717) is 23.2 Å². The maximum absolute atomic E-state index is 13.2. The van der Waals surface area contributed by atoms with Crippen LogP contribution in [0.4, 0.5) is 4.39 Å². The van der Waals surface area contributed by atoms with Gasteiger partial charge in [0.25, 0.3) is 0 Å². The van der Waals surface area contributed by atoms with Gasteiger partial charge in [0.2, 0.25) is 0 Å². The lowest BCUT2D eigenvalue weighted by Gasteiger charge is -2.03. The van der Waals surface area contributed by atoms with Crippen molar-refractivity contribution < 1.29 is 4.39 Å². The van der Waals surface area contributed by atoms with E-state index in [4.69, 9.17) is 11.6 Å². The third-order valence-electron chi connectivity index (χ3n) is 3.08. The number of hydrogen-bond acceptors (Lipinski definition) is 3. The Labute approximate surface area is 115 Å². The van der Waals surface area contributed by atoms with E-state index in [1.165, 1.54) is 25.0 Å². The highest BCUT2D eigenvalue weighted by molar-refractivity contribution is 6.31. The molecule has 1 heterocycles. The number of nitrogens with one attached hydrogen (secondary N) is 1. The summed E-state index contributed by atoms with van der Waals surface area (Å²) in [6, 6.07) is 4.96. The molecule has 100 valence electrons. The summed E-state index contributed by atoms with van der Waals surface area (Å²) >= 11 is 6.02. The summed E-state index contributed by atoms with van der Waals surface area (Å²) in [6.07, 6.45) is 4.34. The Hall–Kier alpha value is -1.46. The van der Waals surface area contributed by atoms with Gasteiger partial charge in [-0.05, 0) is 36.6 Å². The van der Waals surface area contributed by atoms with E-state index in [0.717, 1.165) is 12.2 Å². The minimum atomic E-state index is -0.296. The van der Waals surface area contributed by atoms with Crippen molar-refractivity contribution in [3.63, 3.8) is 0 Å². The zero-order valence-corrected chi connectivity index (χ0v) is 11.1. The van der Waals surface area contributed by atoms with Gasteiger partial charge in [0, 0.05) is 17.6 Å². The van der Waals surface area contributed by atoms with Gasteiger partial charge in [0.05, 0.1) is 18.4 Å². The molecule has 1 aromatic carbocycles. The number of benzene rings is 1. The quantitative estimate of drug-likeness (QED) is 0.914. The SMILES string of the molecule is Fc1ccc(Cl)c(Cn2cc(CNC3CC3)nn2)c1. The predicted molar refractivity (Wildman–Crippen MR) is 70.4 cm³/mol. The Kier molecular flexibility index (Phi) is 3.48. The second-order valence-electron chi connectivity index (χ2n) is 4.80. The van der Waals surface area contributed by atoms with E-state index >= 15 is 0 Å². The maximum Gasteiger partial charge on any atom is 0.123 e. The molecule has 1 aromatic heterocycles. The summed E-state index contributed by atoms with van der Waals surface area (Å²) in [6.45, 7) is 1.15. The normalized spacial score (nSPS) is 14.8. The molecule has 0 atom stereocenters. The Morgan fingerprint density at radius 1 is 1.42 bits per heavy atom. The molecule has 0 spiro atoms. The van der Waals surface area contributed by atoms with Crippen LogP contribution < -0.4 is 5.32 Å². The average molecular weight is 281 g/mol. The molecule has 0 aliphatic heterocycles. The first-order chi connectivity index (χ1) is 9.20. The molecule has 0 unspecified atom stereocenters. The van der Waals surface area contributed by atoms with Crippen LogP contribution in [-0.4, -0.2) is 21.0 Å². The Morgan fingerprint density at radius 3 is 3.05 bits per heavy atom. The molecule has 0 saturated heterocycles. The molecule has 1 N–H and O–H groups in total. The Balaban J connectivity index is 1.66. The van der Waals surface area contributed by atoms with Crippen molar-refractivity contribution in [2.24, 2.45) is 0 Å². The topological polar surface area (TPSA) is 42.7 Å². The molecule has 19 heavy (non-hydrogen) atoms. The lowest BCUT2D eigenvalue weighted by Crippen LogP contribution is -2.15. The third kappa shape index (κ3) is 3.30. The summed E-state index contributed by atoms with van der Waals surface area (Å²) in [5.41, 5.74) is 1.59. The highest BCUT2D eigenvalue weighted by Crippen LogP contribution is 2.19. The first kappa shape index (κ1) is 12.6. The molecule has 1 aliphatic carbocycles. The molecule has 0 radical (unpaired) electrons. The van der Waals surface area contributed by atoms with Crippen LogP contribution in [0.25, 0.3) is 0 Å². The summed E-state index contributed by atoms with van der Waals surface area (Å²) in [5, 5.41) is 12.0. The van der Waals surface area contributed by atoms with Crippen LogP contribution in [0.15, 0.2) is 24.4 Å². The molecule has 1 aliphatic rings. The number of hydrogen-bond donors (Lipinski definition) is 1. The average Bonchev–Trinajstić information content (AvgIpc) is 3.12. The van der Waals surface area contributed by atoms with Crippen LogP contribution in [0.1, 0.15) is 24.1 Å². The molecule has 6 heteroatoms. The second-order valence-corrected chi connectivity index (χ2v) is 5.21. The van der Waals surface area contributed by atoms with E-state index in [9.17, 15) is 4.39 Å². The van der Waals surface area contributed by atoms with Crippen LogP contribution in [0.5, 0.6) is 0 Å². The van der Waals surface area contributed by atoms with Crippen molar-refractivity contribution in [3.05, 3.63) is 46.5 Å². The van der Waals surface area contributed by atoms with E-state index in [2.05, 4.69) is 15.6 Å². The number of aromatic nitrogens is 3. The molecule has 2 aromatic rings. The fourth-order valence-electron chi connectivity index (χ4n) is 1.87. The minimum absolute atomic E-state index is 0.296. The van der Waals surface area contributed by atoms with Crippen LogP contribution in [0, 0.1) is 5.82 Å². The lowest BCUT2D eigenvalue weighted by atomic mass is 10.2.